The Hall–Kier alpha value is -2.31. The van der Waals surface area contributed by atoms with Gasteiger partial charge in [0, 0.05) is 10.6 Å². The summed E-state index contributed by atoms with van der Waals surface area (Å²) in [5.74, 6) is 0.385. The fourth-order valence-electron chi connectivity index (χ4n) is 1.92. The van der Waals surface area contributed by atoms with E-state index in [4.69, 9.17) is 21.6 Å². The monoisotopic (exact) mass is 299 g/mol. The second-order valence-corrected chi connectivity index (χ2v) is 5.16. The molecule has 0 bridgehead atoms. The maximum absolute atomic E-state index is 12.3. The first kappa shape index (κ1) is 15.1. The molecule has 0 saturated heterocycles. The van der Waals surface area contributed by atoms with Crippen LogP contribution in [0, 0.1) is 18.3 Å². The van der Waals surface area contributed by atoms with Crippen LogP contribution in [0.25, 0.3) is 0 Å². The average molecular weight is 300 g/mol. The molecule has 0 N–H and O–H groups in total. The van der Waals surface area contributed by atoms with Gasteiger partial charge >= 0.3 is 0 Å². The molecular weight excluding hydrogens is 286 g/mol. The van der Waals surface area contributed by atoms with Gasteiger partial charge in [0.25, 0.3) is 0 Å². The van der Waals surface area contributed by atoms with Crippen molar-refractivity contribution in [1.29, 1.82) is 5.26 Å². The van der Waals surface area contributed by atoms with Crippen molar-refractivity contribution in [2.45, 2.75) is 20.0 Å². The molecule has 0 radical (unpaired) electrons. The van der Waals surface area contributed by atoms with Crippen molar-refractivity contribution in [1.82, 2.24) is 0 Å². The highest BCUT2D eigenvalue weighted by Gasteiger charge is 2.18. The summed E-state index contributed by atoms with van der Waals surface area (Å²) in [6.45, 7) is 3.55. The molecule has 0 aliphatic rings. The Morgan fingerprint density at radius 2 is 2.05 bits per heavy atom. The number of hydrogen-bond acceptors (Lipinski definition) is 3. The minimum atomic E-state index is -0.656. The molecule has 21 heavy (non-hydrogen) atoms. The number of hydrogen-bond donors (Lipinski definition) is 0. The summed E-state index contributed by atoms with van der Waals surface area (Å²) in [7, 11) is 0. The smallest absolute Gasteiger partial charge is 0.203 e. The summed E-state index contributed by atoms with van der Waals surface area (Å²) in [5.41, 5.74) is 1.88. The van der Waals surface area contributed by atoms with E-state index in [1.807, 2.05) is 6.92 Å². The second-order valence-electron chi connectivity index (χ2n) is 4.73. The van der Waals surface area contributed by atoms with E-state index in [1.165, 1.54) is 0 Å². The molecule has 0 spiro atoms. The van der Waals surface area contributed by atoms with Crippen LogP contribution in [0.2, 0.25) is 5.02 Å². The molecule has 2 rings (SSSR count). The molecule has 3 nitrogen and oxygen atoms in total. The van der Waals surface area contributed by atoms with E-state index in [0.29, 0.717) is 21.9 Å². The summed E-state index contributed by atoms with van der Waals surface area (Å²) in [6, 6.07) is 14.0. The van der Waals surface area contributed by atoms with Crippen molar-refractivity contribution in [2.24, 2.45) is 0 Å². The molecule has 0 aliphatic carbocycles. The van der Waals surface area contributed by atoms with Crippen LogP contribution in [0.1, 0.15) is 28.4 Å². The number of rotatable bonds is 4. The number of aryl methyl sites for hydroxylation is 1. The predicted molar refractivity (Wildman–Crippen MR) is 81.8 cm³/mol. The number of ketones is 1. The van der Waals surface area contributed by atoms with Crippen molar-refractivity contribution < 1.29 is 9.53 Å². The number of nitriles is 1. The van der Waals surface area contributed by atoms with E-state index < -0.39 is 6.10 Å². The number of carbonyl (C=O) groups excluding carboxylic acids is 1. The Kier molecular flexibility index (Phi) is 4.62. The first-order valence-corrected chi connectivity index (χ1v) is 6.86. The van der Waals surface area contributed by atoms with E-state index in [-0.39, 0.29) is 5.78 Å². The SMILES string of the molecule is Cc1ccc(C#N)cc1OC(C)C(=O)c1cccc(Cl)c1. The zero-order valence-corrected chi connectivity index (χ0v) is 12.5. The number of halogens is 1. The van der Waals surface area contributed by atoms with Crippen LogP contribution < -0.4 is 4.74 Å². The number of Topliss-reactive ketones (excluding diaryl/α,β-unsaturated/α-hetero) is 1. The van der Waals surface area contributed by atoms with E-state index in [9.17, 15) is 4.79 Å². The zero-order chi connectivity index (χ0) is 15.4. The minimum Gasteiger partial charge on any atom is -0.482 e. The number of carbonyl (C=O) groups is 1. The van der Waals surface area contributed by atoms with E-state index in [0.717, 1.165) is 5.56 Å². The van der Waals surface area contributed by atoms with Crippen LogP contribution in [0.15, 0.2) is 42.5 Å². The molecular formula is C17H14ClNO2. The first-order chi connectivity index (χ1) is 10.0. The zero-order valence-electron chi connectivity index (χ0n) is 11.8. The topological polar surface area (TPSA) is 50.1 Å². The van der Waals surface area contributed by atoms with Crippen molar-refractivity contribution in [3.63, 3.8) is 0 Å². The van der Waals surface area contributed by atoms with Gasteiger partial charge in [0.05, 0.1) is 11.6 Å². The third kappa shape index (κ3) is 3.62. The number of benzene rings is 2. The molecule has 106 valence electrons. The predicted octanol–water partition coefficient (Wildman–Crippen LogP) is 4.17. The highest BCUT2D eigenvalue weighted by atomic mass is 35.5. The lowest BCUT2D eigenvalue weighted by Crippen LogP contribution is -2.24. The second kappa shape index (κ2) is 6.43. The van der Waals surface area contributed by atoms with E-state index in [1.54, 1.807) is 49.4 Å². The summed E-state index contributed by atoms with van der Waals surface area (Å²) in [5, 5.41) is 9.43. The van der Waals surface area contributed by atoms with Gasteiger partial charge in [0.2, 0.25) is 5.78 Å². The third-order valence-corrected chi connectivity index (χ3v) is 3.33. The van der Waals surface area contributed by atoms with Crippen LogP contribution in [0.5, 0.6) is 5.75 Å². The number of nitrogens with zero attached hydrogens (tertiary/aromatic N) is 1. The first-order valence-electron chi connectivity index (χ1n) is 6.48. The van der Waals surface area contributed by atoms with E-state index >= 15 is 0 Å². The van der Waals surface area contributed by atoms with Crippen LogP contribution in [0.4, 0.5) is 0 Å². The molecule has 0 amide bonds. The Bertz CT molecular complexity index is 719. The van der Waals surface area contributed by atoms with Gasteiger partial charge in [-0.1, -0.05) is 29.8 Å². The van der Waals surface area contributed by atoms with Gasteiger partial charge in [0.1, 0.15) is 5.75 Å². The Morgan fingerprint density at radius 3 is 2.71 bits per heavy atom. The van der Waals surface area contributed by atoms with Gasteiger partial charge < -0.3 is 4.74 Å². The summed E-state index contributed by atoms with van der Waals surface area (Å²) < 4.78 is 5.70. The fraction of sp³-hybridized carbons (Fsp3) is 0.176. The quantitative estimate of drug-likeness (QED) is 0.796. The molecule has 0 heterocycles. The average Bonchev–Trinajstić information content (AvgIpc) is 2.48. The molecule has 4 heteroatoms. The lowest BCUT2D eigenvalue weighted by Gasteiger charge is -2.15. The van der Waals surface area contributed by atoms with Crippen LogP contribution >= 0.6 is 11.6 Å². The van der Waals surface area contributed by atoms with Crippen LogP contribution in [-0.2, 0) is 0 Å². The van der Waals surface area contributed by atoms with Crippen molar-refractivity contribution in [3.05, 3.63) is 64.2 Å². The molecule has 2 aromatic carbocycles. The Balaban J connectivity index is 2.20. The number of ether oxygens (including phenoxy) is 1. The van der Waals surface area contributed by atoms with Crippen molar-refractivity contribution in [3.8, 4) is 11.8 Å². The maximum Gasteiger partial charge on any atom is 0.203 e. The van der Waals surface area contributed by atoms with Gasteiger partial charge in [-0.15, -0.1) is 0 Å². The summed E-state index contributed by atoms with van der Waals surface area (Å²) in [6.07, 6.45) is -0.656. The van der Waals surface area contributed by atoms with Gasteiger partial charge in [-0.25, -0.2) is 0 Å². The van der Waals surface area contributed by atoms with Crippen LogP contribution in [-0.4, -0.2) is 11.9 Å². The lowest BCUT2D eigenvalue weighted by molar-refractivity contribution is 0.0817. The van der Waals surface area contributed by atoms with Crippen molar-refractivity contribution in [2.75, 3.05) is 0 Å². The maximum atomic E-state index is 12.3. The molecule has 0 aromatic heterocycles. The molecule has 2 aromatic rings. The molecule has 0 aliphatic heterocycles. The normalized spacial score (nSPS) is 11.5. The molecule has 1 unspecified atom stereocenters. The summed E-state index contributed by atoms with van der Waals surface area (Å²) >= 11 is 5.89. The van der Waals surface area contributed by atoms with Crippen LogP contribution in [0.3, 0.4) is 0 Å². The molecule has 1 atom stereocenters. The highest BCUT2D eigenvalue weighted by molar-refractivity contribution is 6.31. The van der Waals surface area contributed by atoms with Gasteiger partial charge in [-0.05, 0) is 43.7 Å². The van der Waals surface area contributed by atoms with Gasteiger partial charge in [-0.3, -0.25) is 4.79 Å². The fourth-order valence-corrected chi connectivity index (χ4v) is 2.11. The van der Waals surface area contributed by atoms with Gasteiger partial charge in [-0.2, -0.15) is 5.26 Å². The summed E-state index contributed by atoms with van der Waals surface area (Å²) in [4.78, 5) is 12.3. The lowest BCUT2D eigenvalue weighted by atomic mass is 10.1. The molecule has 0 saturated carbocycles. The van der Waals surface area contributed by atoms with Gasteiger partial charge in [0.15, 0.2) is 6.10 Å². The third-order valence-electron chi connectivity index (χ3n) is 3.10. The largest absolute Gasteiger partial charge is 0.482 e. The Labute approximate surface area is 128 Å². The highest BCUT2D eigenvalue weighted by Crippen LogP contribution is 2.22. The standard InChI is InChI=1S/C17H14ClNO2/c1-11-6-7-13(10-19)8-16(11)21-12(2)17(20)14-4-3-5-15(18)9-14/h3-9,12H,1-2H3. The minimum absolute atomic E-state index is 0.153. The van der Waals surface area contributed by atoms with Crippen molar-refractivity contribution >= 4 is 17.4 Å². The molecule has 0 fully saturated rings. The van der Waals surface area contributed by atoms with E-state index in [2.05, 4.69) is 6.07 Å². The Morgan fingerprint density at radius 1 is 1.29 bits per heavy atom.